The number of Topliss-reactive ketones (excluding diaryl/α,β-unsaturated/α-hetero) is 1. The summed E-state index contributed by atoms with van der Waals surface area (Å²) in [6, 6.07) is 8.85. The summed E-state index contributed by atoms with van der Waals surface area (Å²) in [4.78, 5) is 13.4. The molecule has 80 valence electrons. The Kier molecular flexibility index (Phi) is 2.76. The maximum atomic E-state index is 11.1. The van der Waals surface area contributed by atoms with Crippen LogP contribution in [-0.4, -0.2) is 18.9 Å². The molecule has 0 aliphatic carbocycles. The number of aryl methyl sites for hydroxylation is 1. The third-order valence-electron chi connectivity index (χ3n) is 3.19. The van der Waals surface area contributed by atoms with Crippen molar-refractivity contribution in [3.8, 4) is 0 Å². The average Bonchev–Trinajstić information content (AvgIpc) is 2.22. The first-order chi connectivity index (χ1) is 7.18. The maximum absolute atomic E-state index is 11.1. The van der Waals surface area contributed by atoms with Crippen LogP contribution in [0.3, 0.4) is 0 Å². The molecule has 2 rings (SSSR count). The molecule has 0 saturated carbocycles. The minimum absolute atomic E-state index is 0.284. The fourth-order valence-corrected chi connectivity index (χ4v) is 2.35. The number of nitrogens with zero attached hydrogens (tertiary/aromatic N) is 1. The second kappa shape index (κ2) is 4.05. The molecule has 15 heavy (non-hydrogen) atoms. The van der Waals surface area contributed by atoms with Crippen LogP contribution in [0, 0.1) is 0 Å². The number of para-hydroxylation sites is 1. The van der Waals surface area contributed by atoms with Crippen LogP contribution in [0.5, 0.6) is 0 Å². The summed E-state index contributed by atoms with van der Waals surface area (Å²) in [5.74, 6) is 0.284. The Labute approximate surface area is 90.9 Å². The van der Waals surface area contributed by atoms with Crippen LogP contribution in [0.15, 0.2) is 24.3 Å². The van der Waals surface area contributed by atoms with Crippen LogP contribution in [0.25, 0.3) is 0 Å². The molecule has 0 bridgehead atoms. The van der Waals surface area contributed by atoms with E-state index in [1.54, 1.807) is 6.92 Å². The molecule has 1 heterocycles. The number of fused-ring (bicyclic) bond motifs is 1. The Bertz CT molecular complexity index is 373. The van der Waals surface area contributed by atoms with Gasteiger partial charge in [0, 0.05) is 25.2 Å². The Balaban J connectivity index is 2.22. The van der Waals surface area contributed by atoms with Crippen LogP contribution < -0.4 is 4.90 Å². The van der Waals surface area contributed by atoms with Gasteiger partial charge in [0.15, 0.2) is 0 Å². The van der Waals surface area contributed by atoms with Crippen LogP contribution in [0.1, 0.15) is 25.3 Å². The number of carbonyl (C=O) groups is 1. The smallest absolute Gasteiger partial charge is 0.131 e. The van der Waals surface area contributed by atoms with Gasteiger partial charge in [-0.3, -0.25) is 4.79 Å². The lowest BCUT2D eigenvalue weighted by Gasteiger charge is -2.35. The van der Waals surface area contributed by atoms with Gasteiger partial charge in [0.1, 0.15) is 5.78 Å². The van der Waals surface area contributed by atoms with Gasteiger partial charge in [-0.1, -0.05) is 18.2 Å². The zero-order chi connectivity index (χ0) is 10.8. The van der Waals surface area contributed by atoms with Gasteiger partial charge in [-0.05, 0) is 31.4 Å². The molecular formula is C13H17NO. The summed E-state index contributed by atoms with van der Waals surface area (Å²) in [7, 11) is 2.09. The van der Waals surface area contributed by atoms with Crippen LogP contribution >= 0.6 is 0 Å². The molecule has 0 radical (unpaired) electrons. The van der Waals surface area contributed by atoms with Crippen molar-refractivity contribution in [3.05, 3.63) is 29.8 Å². The predicted octanol–water partition coefficient (Wildman–Crippen LogP) is 2.42. The second-order valence-electron chi connectivity index (χ2n) is 4.34. The average molecular weight is 203 g/mol. The van der Waals surface area contributed by atoms with E-state index in [2.05, 4.69) is 36.2 Å². The molecule has 0 fully saturated rings. The van der Waals surface area contributed by atoms with Gasteiger partial charge in [0.2, 0.25) is 0 Å². The van der Waals surface area contributed by atoms with Gasteiger partial charge in [-0.25, -0.2) is 0 Å². The number of hydrogen-bond donors (Lipinski definition) is 0. The topological polar surface area (TPSA) is 20.3 Å². The molecule has 1 aromatic rings. The lowest BCUT2D eigenvalue weighted by Crippen LogP contribution is -2.37. The van der Waals surface area contributed by atoms with Crippen molar-refractivity contribution in [2.24, 2.45) is 0 Å². The minimum atomic E-state index is 0.284. The molecule has 2 nitrogen and oxygen atoms in total. The van der Waals surface area contributed by atoms with E-state index in [-0.39, 0.29) is 5.78 Å². The number of ketones is 1. The highest BCUT2D eigenvalue weighted by Crippen LogP contribution is 2.30. The summed E-state index contributed by atoms with van der Waals surface area (Å²) in [6.45, 7) is 1.67. The Hall–Kier alpha value is -1.31. The summed E-state index contributed by atoms with van der Waals surface area (Å²) in [5, 5.41) is 0. The molecule has 0 N–H and O–H groups in total. The van der Waals surface area contributed by atoms with E-state index in [1.165, 1.54) is 11.3 Å². The highest BCUT2D eigenvalue weighted by molar-refractivity contribution is 5.77. The second-order valence-corrected chi connectivity index (χ2v) is 4.34. The van der Waals surface area contributed by atoms with Crippen molar-refractivity contribution in [2.75, 3.05) is 11.9 Å². The van der Waals surface area contributed by atoms with Gasteiger partial charge in [0.25, 0.3) is 0 Å². The molecule has 1 atom stereocenters. The number of anilines is 1. The van der Waals surface area contributed by atoms with Gasteiger partial charge < -0.3 is 4.90 Å². The van der Waals surface area contributed by atoms with Gasteiger partial charge >= 0.3 is 0 Å². The lowest BCUT2D eigenvalue weighted by molar-refractivity contribution is -0.117. The minimum Gasteiger partial charge on any atom is -0.371 e. The number of hydrogen-bond acceptors (Lipinski definition) is 2. The zero-order valence-corrected chi connectivity index (χ0v) is 9.36. The summed E-state index contributed by atoms with van der Waals surface area (Å²) in [6.07, 6.45) is 2.86. The third-order valence-corrected chi connectivity index (χ3v) is 3.19. The predicted molar refractivity (Wildman–Crippen MR) is 62.3 cm³/mol. The summed E-state index contributed by atoms with van der Waals surface area (Å²) < 4.78 is 0. The normalized spacial score (nSPS) is 19.9. The van der Waals surface area contributed by atoms with Crippen molar-refractivity contribution < 1.29 is 4.79 Å². The molecule has 1 aliphatic heterocycles. The number of carbonyl (C=O) groups excluding carboxylic acids is 1. The highest BCUT2D eigenvalue weighted by Gasteiger charge is 2.23. The highest BCUT2D eigenvalue weighted by atomic mass is 16.1. The number of rotatable bonds is 2. The fourth-order valence-electron chi connectivity index (χ4n) is 2.35. The monoisotopic (exact) mass is 203 g/mol. The Morgan fingerprint density at radius 2 is 2.20 bits per heavy atom. The molecule has 0 spiro atoms. The quantitative estimate of drug-likeness (QED) is 0.735. The summed E-state index contributed by atoms with van der Waals surface area (Å²) >= 11 is 0. The van der Waals surface area contributed by atoms with Crippen LogP contribution in [0.2, 0.25) is 0 Å². The van der Waals surface area contributed by atoms with Crippen molar-refractivity contribution in [2.45, 2.75) is 32.2 Å². The molecule has 1 unspecified atom stereocenters. The van der Waals surface area contributed by atoms with E-state index >= 15 is 0 Å². The molecule has 1 aliphatic rings. The SMILES string of the molecule is CC(=O)CC1CCc2ccccc2N1C. The van der Waals surface area contributed by atoms with Crippen molar-refractivity contribution in [3.63, 3.8) is 0 Å². The van der Waals surface area contributed by atoms with Crippen LogP contribution in [0.4, 0.5) is 5.69 Å². The Morgan fingerprint density at radius 1 is 1.47 bits per heavy atom. The molecule has 1 aromatic carbocycles. The van der Waals surface area contributed by atoms with Gasteiger partial charge in [0.05, 0.1) is 0 Å². The van der Waals surface area contributed by atoms with Gasteiger partial charge in [-0.15, -0.1) is 0 Å². The first-order valence-corrected chi connectivity index (χ1v) is 5.48. The molecule has 0 saturated heterocycles. The largest absolute Gasteiger partial charge is 0.371 e. The molecule has 0 aromatic heterocycles. The third kappa shape index (κ3) is 2.04. The Morgan fingerprint density at radius 3 is 2.93 bits per heavy atom. The standard InChI is InChI=1S/C13H17NO/c1-10(15)9-12-8-7-11-5-3-4-6-13(11)14(12)2/h3-6,12H,7-9H2,1-2H3. The van der Waals surface area contributed by atoms with Crippen LogP contribution in [-0.2, 0) is 11.2 Å². The van der Waals surface area contributed by atoms with Crippen molar-refractivity contribution in [1.82, 2.24) is 0 Å². The summed E-state index contributed by atoms with van der Waals surface area (Å²) in [5.41, 5.74) is 2.69. The van der Waals surface area contributed by atoms with E-state index < -0.39 is 0 Å². The van der Waals surface area contributed by atoms with E-state index in [1.807, 2.05) is 0 Å². The van der Waals surface area contributed by atoms with Crippen molar-refractivity contribution >= 4 is 11.5 Å². The molecule has 2 heteroatoms. The zero-order valence-electron chi connectivity index (χ0n) is 9.36. The number of benzene rings is 1. The van der Waals surface area contributed by atoms with E-state index in [0.717, 1.165) is 12.8 Å². The lowest BCUT2D eigenvalue weighted by atomic mass is 9.93. The first-order valence-electron chi connectivity index (χ1n) is 5.48. The van der Waals surface area contributed by atoms with Gasteiger partial charge in [-0.2, -0.15) is 0 Å². The fraction of sp³-hybridized carbons (Fsp3) is 0.462. The van der Waals surface area contributed by atoms with Crippen molar-refractivity contribution in [1.29, 1.82) is 0 Å². The van der Waals surface area contributed by atoms with E-state index in [0.29, 0.717) is 12.5 Å². The molecule has 0 amide bonds. The first kappa shape index (κ1) is 10.2. The molecular weight excluding hydrogens is 186 g/mol. The van der Waals surface area contributed by atoms with E-state index in [4.69, 9.17) is 0 Å². The van der Waals surface area contributed by atoms with E-state index in [9.17, 15) is 4.79 Å². The maximum Gasteiger partial charge on any atom is 0.131 e.